The maximum atomic E-state index is 12.7. The van der Waals surface area contributed by atoms with E-state index in [0.29, 0.717) is 5.56 Å². The third kappa shape index (κ3) is 2.93. The van der Waals surface area contributed by atoms with E-state index in [1.165, 1.54) is 6.07 Å². The zero-order valence-corrected chi connectivity index (χ0v) is 10.7. The van der Waals surface area contributed by atoms with Crippen LogP contribution < -0.4 is 5.43 Å². The minimum absolute atomic E-state index is 0.0484. The molecule has 0 saturated carbocycles. The number of aromatic carboxylic acids is 1. The molecular weight excluding hydrogens is 289 g/mol. The number of halogens is 3. The Bertz CT molecular complexity index is 766. The first-order chi connectivity index (χ1) is 9.70. The first-order valence-electron chi connectivity index (χ1n) is 5.71. The largest absolute Gasteiger partial charge is 0.476 e. The minimum Gasteiger partial charge on any atom is -0.476 e. The monoisotopic (exact) mass is 298 g/mol. The maximum Gasteiger partial charge on any atom is 0.416 e. The van der Waals surface area contributed by atoms with Crippen molar-refractivity contribution < 1.29 is 23.1 Å². The van der Waals surface area contributed by atoms with Crippen LogP contribution in [0.25, 0.3) is 5.69 Å². The molecular formula is C13H9F3N2O3. The standard InChI is InChI=1S/C13H9F3N2O3/c1-7-2-3-8(13(14,15)16)6-9(7)18-5-4-10(19)11(17-18)12(20)21/h2-6H,1H3,(H,20,21). The van der Waals surface area contributed by atoms with Crippen LogP contribution in [-0.4, -0.2) is 20.9 Å². The summed E-state index contributed by atoms with van der Waals surface area (Å²) in [5.74, 6) is -1.54. The summed E-state index contributed by atoms with van der Waals surface area (Å²) in [7, 11) is 0. The molecule has 0 aliphatic heterocycles. The molecule has 21 heavy (non-hydrogen) atoms. The van der Waals surface area contributed by atoms with Crippen molar-refractivity contribution in [1.29, 1.82) is 0 Å². The van der Waals surface area contributed by atoms with Gasteiger partial charge >= 0.3 is 12.1 Å². The Labute approximate surface area is 116 Å². The highest BCUT2D eigenvalue weighted by Gasteiger charge is 2.31. The van der Waals surface area contributed by atoms with Gasteiger partial charge in [-0.2, -0.15) is 18.3 Å². The topological polar surface area (TPSA) is 72.2 Å². The van der Waals surface area contributed by atoms with Crippen molar-refractivity contribution in [3.8, 4) is 5.69 Å². The van der Waals surface area contributed by atoms with Crippen LogP contribution in [0.3, 0.4) is 0 Å². The van der Waals surface area contributed by atoms with Crippen molar-refractivity contribution in [1.82, 2.24) is 9.78 Å². The second-order valence-electron chi connectivity index (χ2n) is 4.28. The second kappa shape index (κ2) is 5.04. The van der Waals surface area contributed by atoms with Gasteiger partial charge in [0.15, 0.2) is 0 Å². The first kappa shape index (κ1) is 14.8. The summed E-state index contributed by atoms with van der Waals surface area (Å²) in [5.41, 5.74) is -1.96. The van der Waals surface area contributed by atoms with Crippen molar-refractivity contribution in [2.45, 2.75) is 13.1 Å². The number of rotatable bonds is 2. The van der Waals surface area contributed by atoms with Crippen LogP contribution in [0.1, 0.15) is 21.6 Å². The Kier molecular flexibility index (Phi) is 3.54. The van der Waals surface area contributed by atoms with E-state index in [1.807, 2.05) is 0 Å². The van der Waals surface area contributed by atoms with Crippen LogP contribution in [0.4, 0.5) is 13.2 Å². The highest BCUT2D eigenvalue weighted by Crippen LogP contribution is 2.31. The molecule has 0 radical (unpaired) electrons. The van der Waals surface area contributed by atoms with Gasteiger partial charge in [0.2, 0.25) is 11.1 Å². The Morgan fingerprint density at radius 1 is 1.29 bits per heavy atom. The lowest BCUT2D eigenvalue weighted by Crippen LogP contribution is -2.20. The minimum atomic E-state index is -4.53. The van der Waals surface area contributed by atoms with E-state index in [-0.39, 0.29) is 5.69 Å². The molecule has 2 rings (SSSR count). The Morgan fingerprint density at radius 2 is 1.95 bits per heavy atom. The molecule has 1 aromatic carbocycles. The molecule has 8 heteroatoms. The number of carboxylic acid groups (broad SMARTS) is 1. The second-order valence-corrected chi connectivity index (χ2v) is 4.28. The molecule has 1 aromatic heterocycles. The van der Waals surface area contributed by atoms with Gasteiger partial charge < -0.3 is 5.11 Å². The fourth-order valence-electron chi connectivity index (χ4n) is 1.72. The molecule has 0 unspecified atom stereocenters. The van der Waals surface area contributed by atoms with Crippen molar-refractivity contribution in [3.05, 3.63) is 57.5 Å². The van der Waals surface area contributed by atoms with Crippen molar-refractivity contribution >= 4 is 5.97 Å². The van der Waals surface area contributed by atoms with Crippen LogP contribution in [0.5, 0.6) is 0 Å². The average Bonchev–Trinajstić information content (AvgIpc) is 2.38. The van der Waals surface area contributed by atoms with Gasteiger partial charge in [-0.15, -0.1) is 0 Å². The van der Waals surface area contributed by atoms with Gasteiger partial charge in [-0.25, -0.2) is 9.48 Å². The average molecular weight is 298 g/mol. The summed E-state index contributed by atoms with van der Waals surface area (Å²) in [6.45, 7) is 1.55. The van der Waals surface area contributed by atoms with E-state index in [1.54, 1.807) is 6.92 Å². The molecule has 0 fully saturated rings. The van der Waals surface area contributed by atoms with Gasteiger partial charge in [-0.05, 0) is 24.6 Å². The number of hydrogen-bond acceptors (Lipinski definition) is 3. The molecule has 1 N–H and O–H groups in total. The number of benzene rings is 1. The number of aryl methyl sites for hydroxylation is 1. The van der Waals surface area contributed by atoms with Crippen LogP contribution in [0.15, 0.2) is 35.3 Å². The van der Waals surface area contributed by atoms with Gasteiger partial charge in [-0.3, -0.25) is 4.79 Å². The Balaban J connectivity index is 2.64. The number of alkyl halides is 3. The predicted molar refractivity (Wildman–Crippen MR) is 66.5 cm³/mol. The molecule has 0 atom stereocenters. The first-order valence-corrected chi connectivity index (χ1v) is 5.71. The van der Waals surface area contributed by atoms with Crippen LogP contribution in [0.2, 0.25) is 0 Å². The Hall–Kier alpha value is -2.64. The summed E-state index contributed by atoms with van der Waals surface area (Å²) >= 11 is 0. The van der Waals surface area contributed by atoms with E-state index in [4.69, 9.17) is 5.11 Å². The zero-order valence-electron chi connectivity index (χ0n) is 10.7. The predicted octanol–water partition coefficient (Wildman–Crippen LogP) is 2.26. The zero-order chi connectivity index (χ0) is 15.8. The van der Waals surface area contributed by atoms with Crippen LogP contribution in [-0.2, 0) is 6.18 Å². The molecule has 0 saturated heterocycles. The number of nitrogens with zero attached hydrogens (tertiary/aromatic N) is 2. The van der Waals surface area contributed by atoms with E-state index >= 15 is 0 Å². The molecule has 110 valence electrons. The summed E-state index contributed by atoms with van der Waals surface area (Å²) in [6.07, 6.45) is -3.41. The lowest BCUT2D eigenvalue weighted by atomic mass is 10.1. The van der Waals surface area contributed by atoms with E-state index in [2.05, 4.69) is 5.10 Å². The van der Waals surface area contributed by atoms with Crippen molar-refractivity contribution in [3.63, 3.8) is 0 Å². The van der Waals surface area contributed by atoms with Gasteiger partial charge in [0.05, 0.1) is 11.3 Å². The molecule has 0 amide bonds. The van der Waals surface area contributed by atoms with E-state index in [9.17, 15) is 22.8 Å². The number of hydrogen-bond donors (Lipinski definition) is 1. The van der Waals surface area contributed by atoms with Gasteiger partial charge in [0.25, 0.3) is 0 Å². The smallest absolute Gasteiger partial charge is 0.416 e. The highest BCUT2D eigenvalue weighted by molar-refractivity contribution is 5.84. The van der Waals surface area contributed by atoms with Crippen LogP contribution >= 0.6 is 0 Å². The summed E-state index contributed by atoms with van der Waals surface area (Å²) in [4.78, 5) is 22.2. The maximum absolute atomic E-state index is 12.7. The molecule has 0 aliphatic carbocycles. The van der Waals surface area contributed by atoms with Crippen LogP contribution in [0, 0.1) is 6.92 Å². The fourth-order valence-corrected chi connectivity index (χ4v) is 1.72. The number of carboxylic acids is 1. The summed E-state index contributed by atoms with van der Waals surface area (Å²) in [6, 6.07) is 3.95. The number of carbonyl (C=O) groups is 1. The van der Waals surface area contributed by atoms with Crippen molar-refractivity contribution in [2.24, 2.45) is 0 Å². The van der Waals surface area contributed by atoms with E-state index in [0.717, 1.165) is 29.1 Å². The molecule has 1 heterocycles. The van der Waals surface area contributed by atoms with Gasteiger partial charge in [-0.1, -0.05) is 6.07 Å². The molecule has 0 bridgehead atoms. The molecule has 0 spiro atoms. The van der Waals surface area contributed by atoms with Gasteiger partial charge in [0.1, 0.15) is 0 Å². The lowest BCUT2D eigenvalue weighted by molar-refractivity contribution is -0.137. The fraction of sp³-hybridized carbons (Fsp3) is 0.154. The normalized spacial score (nSPS) is 11.4. The SMILES string of the molecule is Cc1ccc(C(F)(F)F)cc1-n1ccc(=O)c(C(=O)O)n1. The Morgan fingerprint density at radius 3 is 2.52 bits per heavy atom. The highest BCUT2D eigenvalue weighted by atomic mass is 19.4. The van der Waals surface area contributed by atoms with Gasteiger partial charge in [0, 0.05) is 12.3 Å². The third-order valence-electron chi connectivity index (χ3n) is 2.79. The van der Waals surface area contributed by atoms with Crippen molar-refractivity contribution in [2.75, 3.05) is 0 Å². The molecule has 5 nitrogen and oxygen atoms in total. The van der Waals surface area contributed by atoms with E-state index < -0.39 is 28.8 Å². The number of aromatic nitrogens is 2. The quantitative estimate of drug-likeness (QED) is 0.923. The molecule has 0 aliphatic rings. The third-order valence-corrected chi connectivity index (χ3v) is 2.79. The summed E-state index contributed by atoms with van der Waals surface area (Å²) in [5, 5.41) is 12.4. The lowest BCUT2D eigenvalue weighted by Gasteiger charge is -2.13. The summed E-state index contributed by atoms with van der Waals surface area (Å²) < 4.78 is 39.1. The molecule has 2 aromatic rings.